The minimum Gasteiger partial charge on any atom is -0.370 e. The molecule has 6 heteroatoms. The number of nitrogens with one attached hydrogen (secondary N) is 2. The average Bonchev–Trinajstić information content (AvgIpc) is 2.97. The van der Waals surface area contributed by atoms with Crippen LogP contribution in [0, 0.1) is 5.92 Å². The molecule has 0 unspecified atom stereocenters. The van der Waals surface area contributed by atoms with Crippen LogP contribution in [0.3, 0.4) is 0 Å². The van der Waals surface area contributed by atoms with Crippen molar-refractivity contribution in [2.24, 2.45) is 5.92 Å². The van der Waals surface area contributed by atoms with Crippen LogP contribution in [0.2, 0.25) is 0 Å². The highest BCUT2D eigenvalue weighted by molar-refractivity contribution is 5.93. The summed E-state index contributed by atoms with van der Waals surface area (Å²) in [6, 6.07) is 18.6. The highest BCUT2D eigenvalue weighted by Gasteiger charge is 2.45. The van der Waals surface area contributed by atoms with Crippen LogP contribution >= 0.6 is 0 Å². The zero-order chi connectivity index (χ0) is 17.9. The first kappa shape index (κ1) is 16.6. The Labute approximate surface area is 152 Å². The number of hydrogen-bond donors (Lipinski definition) is 2. The lowest BCUT2D eigenvalue weighted by Gasteiger charge is -2.32. The molecule has 4 rings (SSSR count). The van der Waals surface area contributed by atoms with Gasteiger partial charge in [0.1, 0.15) is 0 Å². The summed E-state index contributed by atoms with van der Waals surface area (Å²) >= 11 is 0. The van der Waals surface area contributed by atoms with E-state index in [1.807, 2.05) is 60.7 Å². The van der Waals surface area contributed by atoms with E-state index in [0.29, 0.717) is 19.5 Å². The summed E-state index contributed by atoms with van der Waals surface area (Å²) in [6.07, 6.45) is 0.277. The van der Waals surface area contributed by atoms with Crippen LogP contribution < -0.4 is 10.6 Å². The van der Waals surface area contributed by atoms with E-state index in [2.05, 4.69) is 10.6 Å². The van der Waals surface area contributed by atoms with E-state index in [0.717, 1.165) is 11.4 Å². The highest BCUT2D eigenvalue weighted by Crippen LogP contribution is 2.33. The number of urea groups is 1. The molecule has 3 atom stereocenters. The summed E-state index contributed by atoms with van der Waals surface area (Å²) in [5.74, 6) is -0.288. The summed E-state index contributed by atoms with van der Waals surface area (Å²) in [7, 11) is 0. The van der Waals surface area contributed by atoms with Crippen LogP contribution in [0.4, 0.5) is 16.2 Å². The molecule has 2 aromatic rings. The molecule has 134 valence electrons. The van der Waals surface area contributed by atoms with Crippen LogP contribution in [-0.4, -0.2) is 42.1 Å². The van der Waals surface area contributed by atoms with Gasteiger partial charge in [-0.2, -0.15) is 0 Å². The van der Waals surface area contributed by atoms with Gasteiger partial charge in [0.05, 0.1) is 18.1 Å². The molecular weight excluding hydrogens is 330 g/mol. The number of ether oxygens (including phenoxy) is 1. The number of rotatable bonds is 3. The molecule has 6 nitrogen and oxygen atoms in total. The number of fused-ring (bicyclic) bond motifs is 2. The zero-order valence-corrected chi connectivity index (χ0v) is 14.3. The van der Waals surface area contributed by atoms with E-state index in [-0.39, 0.29) is 30.1 Å². The Hall–Kier alpha value is -2.86. The predicted molar refractivity (Wildman–Crippen MR) is 98.9 cm³/mol. The van der Waals surface area contributed by atoms with Gasteiger partial charge in [0.2, 0.25) is 5.91 Å². The largest absolute Gasteiger partial charge is 0.370 e. The Morgan fingerprint density at radius 1 is 0.885 bits per heavy atom. The second-order valence-electron chi connectivity index (χ2n) is 6.70. The number of benzene rings is 2. The molecule has 0 radical (unpaired) electrons. The molecule has 2 N–H and O–H groups in total. The van der Waals surface area contributed by atoms with Crippen molar-refractivity contribution in [2.75, 3.05) is 23.7 Å². The minimum absolute atomic E-state index is 0.0472. The standard InChI is InChI=1S/C20H21N3O3/c24-19(21-14-7-3-1-4-8-14)17-11-16-12-23(13-18(17)26-16)20(25)22-15-9-5-2-6-10-15/h1-10,16-18H,11-13H2,(H,21,24)(H,22,25)/t16-,17+,18-/m1/s1. The van der Waals surface area contributed by atoms with Crippen molar-refractivity contribution < 1.29 is 14.3 Å². The van der Waals surface area contributed by atoms with Crippen LogP contribution in [-0.2, 0) is 9.53 Å². The van der Waals surface area contributed by atoms with Gasteiger partial charge in [0, 0.05) is 24.5 Å². The topological polar surface area (TPSA) is 70.7 Å². The summed E-state index contributed by atoms with van der Waals surface area (Å²) in [4.78, 5) is 26.9. The van der Waals surface area contributed by atoms with E-state index in [1.54, 1.807) is 4.90 Å². The lowest BCUT2D eigenvalue weighted by molar-refractivity contribution is -0.122. The Kier molecular flexibility index (Phi) is 4.58. The van der Waals surface area contributed by atoms with Crippen molar-refractivity contribution in [3.8, 4) is 0 Å². The quantitative estimate of drug-likeness (QED) is 0.893. The van der Waals surface area contributed by atoms with Crippen molar-refractivity contribution in [3.63, 3.8) is 0 Å². The summed E-state index contributed by atoms with van der Waals surface area (Å²) < 4.78 is 5.92. The molecule has 2 fully saturated rings. The molecule has 0 aliphatic carbocycles. The summed E-state index contributed by atoms with van der Waals surface area (Å²) in [5.41, 5.74) is 1.53. The Morgan fingerprint density at radius 2 is 1.50 bits per heavy atom. The van der Waals surface area contributed by atoms with Gasteiger partial charge in [0.15, 0.2) is 0 Å². The van der Waals surface area contributed by atoms with Crippen molar-refractivity contribution >= 4 is 23.3 Å². The number of likely N-dealkylation sites (tertiary alicyclic amines) is 1. The number of hydrogen-bond acceptors (Lipinski definition) is 3. The third-order valence-corrected chi connectivity index (χ3v) is 4.85. The molecule has 2 aliphatic heterocycles. The van der Waals surface area contributed by atoms with Gasteiger partial charge < -0.3 is 20.3 Å². The van der Waals surface area contributed by atoms with Crippen LogP contribution in [0.25, 0.3) is 0 Å². The first-order valence-corrected chi connectivity index (χ1v) is 8.81. The van der Waals surface area contributed by atoms with Crippen molar-refractivity contribution in [2.45, 2.75) is 18.6 Å². The number of amides is 3. The normalized spacial score (nSPS) is 24.2. The maximum atomic E-state index is 12.6. The molecule has 2 heterocycles. The Morgan fingerprint density at radius 3 is 2.15 bits per heavy atom. The molecule has 2 bridgehead atoms. The Bertz CT molecular complexity index is 779. The summed E-state index contributed by atoms with van der Waals surface area (Å²) in [5, 5.41) is 5.84. The Balaban J connectivity index is 1.38. The molecular formula is C20H21N3O3. The second-order valence-corrected chi connectivity index (χ2v) is 6.70. The predicted octanol–water partition coefficient (Wildman–Crippen LogP) is 2.95. The van der Waals surface area contributed by atoms with Gasteiger partial charge in [-0.1, -0.05) is 36.4 Å². The highest BCUT2D eigenvalue weighted by atomic mass is 16.5. The van der Waals surface area contributed by atoms with Crippen molar-refractivity contribution in [1.82, 2.24) is 4.90 Å². The SMILES string of the molecule is O=C(Nc1ccccc1)[C@H]1C[C@@H]2CN(C(=O)Nc3ccccc3)C[C@H]1O2. The van der Waals surface area contributed by atoms with Crippen molar-refractivity contribution in [1.29, 1.82) is 0 Å². The van der Waals surface area contributed by atoms with Crippen molar-refractivity contribution in [3.05, 3.63) is 60.7 Å². The first-order chi connectivity index (χ1) is 12.7. The number of morpholine rings is 1. The summed E-state index contributed by atoms with van der Waals surface area (Å²) in [6.45, 7) is 0.923. The van der Waals surface area contributed by atoms with Crippen LogP contribution in [0.15, 0.2) is 60.7 Å². The molecule has 0 saturated carbocycles. The smallest absolute Gasteiger partial charge is 0.322 e. The molecule has 2 saturated heterocycles. The molecule has 26 heavy (non-hydrogen) atoms. The van der Waals surface area contributed by atoms with E-state index < -0.39 is 0 Å². The lowest BCUT2D eigenvalue weighted by atomic mass is 9.99. The van der Waals surface area contributed by atoms with E-state index >= 15 is 0 Å². The lowest BCUT2D eigenvalue weighted by Crippen LogP contribution is -2.48. The molecule has 2 aromatic carbocycles. The average molecular weight is 351 g/mol. The van der Waals surface area contributed by atoms with Gasteiger partial charge in [-0.05, 0) is 30.7 Å². The van der Waals surface area contributed by atoms with Crippen LogP contribution in [0.5, 0.6) is 0 Å². The number of carbonyl (C=O) groups excluding carboxylic acids is 2. The first-order valence-electron chi connectivity index (χ1n) is 8.81. The molecule has 2 aliphatic rings. The monoisotopic (exact) mass is 351 g/mol. The molecule has 3 amide bonds. The van der Waals surface area contributed by atoms with Gasteiger partial charge in [-0.25, -0.2) is 4.79 Å². The number of anilines is 2. The minimum atomic E-state index is -0.265. The number of carbonyl (C=O) groups is 2. The van der Waals surface area contributed by atoms with E-state index in [9.17, 15) is 9.59 Å². The number of para-hydroxylation sites is 2. The van der Waals surface area contributed by atoms with Crippen LogP contribution in [0.1, 0.15) is 6.42 Å². The van der Waals surface area contributed by atoms with Gasteiger partial charge >= 0.3 is 6.03 Å². The van der Waals surface area contributed by atoms with E-state index in [1.165, 1.54) is 0 Å². The maximum Gasteiger partial charge on any atom is 0.322 e. The molecule has 0 spiro atoms. The molecule has 0 aromatic heterocycles. The third-order valence-electron chi connectivity index (χ3n) is 4.85. The van der Waals surface area contributed by atoms with E-state index in [4.69, 9.17) is 4.74 Å². The van der Waals surface area contributed by atoms with Gasteiger partial charge in [-0.15, -0.1) is 0 Å². The number of nitrogens with zero attached hydrogens (tertiary/aromatic N) is 1. The fourth-order valence-corrected chi connectivity index (χ4v) is 3.58. The fourth-order valence-electron chi connectivity index (χ4n) is 3.58. The fraction of sp³-hybridized carbons (Fsp3) is 0.300. The maximum absolute atomic E-state index is 12.6. The third kappa shape index (κ3) is 3.55. The van der Waals surface area contributed by atoms with Gasteiger partial charge in [-0.3, -0.25) is 4.79 Å². The second kappa shape index (κ2) is 7.17. The zero-order valence-electron chi connectivity index (χ0n) is 14.3. The van der Waals surface area contributed by atoms with Gasteiger partial charge in [0.25, 0.3) is 0 Å².